The summed E-state index contributed by atoms with van der Waals surface area (Å²) in [5.74, 6) is 0.504. The first-order chi connectivity index (χ1) is 9.63. The van der Waals surface area contributed by atoms with Crippen LogP contribution in [0.25, 0.3) is 0 Å². The van der Waals surface area contributed by atoms with E-state index in [-0.39, 0.29) is 11.5 Å². The first-order valence-electron chi connectivity index (χ1n) is 6.05. The van der Waals surface area contributed by atoms with Gasteiger partial charge in [0.2, 0.25) is 11.4 Å². The van der Waals surface area contributed by atoms with Crippen LogP contribution in [-0.2, 0) is 6.42 Å². The molecule has 7 heteroatoms. The maximum absolute atomic E-state index is 10.3. The van der Waals surface area contributed by atoms with Gasteiger partial charge in [-0.3, -0.25) is 5.41 Å². The third kappa shape index (κ3) is 3.21. The van der Waals surface area contributed by atoms with Crippen LogP contribution in [0, 0.1) is 4.91 Å². The zero-order valence-corrected chi connectivity index (χ0v) is 11.6. The minimum absolute atomic E-state index is 0.174. The highest BCUT2D eigenvalue weighted by atomic mass is 35.5. The highest BCUT2D eigenvalue weighted by Gasteiger charge is 2.18. The molecule has 0 aliphatic carbocycles. The average Bonchev–Trinajstić information content (AvgIpc) is 2.49. The van der Waals surface area contributed by atoms with Gasteiger partial charge in [0.1, 0.15) is 5.75 Å². The second-order valence-electron chi connectivity index (χ2n) is 4.10. The first kappa shape index (κ1) is 14.2. The lowest BCUT2D eigenvalue weighted by Crippen LogP contribution is -2.42. The standard InChI is InChI=1S/C13H13ClN4O2/c1-2-8-5-9(3-4-10(8)14)20-12-7-16-11(6-17-12)13(15)18-19/h3-7,12,15,17H,2H2,1H3/p+1. The zero-order valence-electron chi connectivity index (χ0n) is 10.8. The molecule has 20 heavy (non-hydrogen) atoms. The highest BCUT2D eigenvalue weighted by Crippen LogP contribution is 2.23. The number of ether oxygens (including phenoxy) is 1. The molecule has 0 fully saturated rings. The molecule has 0 amide bonds. The number of aliphatic imine (C=N–C) groups is 1. The van der Waals surface area contributed by atoms with E-state index in [1.54, 1.807) is 12.1 Å². The lowest BCUT2D eigenvalue weighted by atomic mass is 10.1. The van der Waals surface area contributed by atoms with Gasteiger partial charge in [-0.1, -0.05) is 18.5 Å². The molecule has 0 saturated heterocycles. The fourth-order valence-corrected chi connectivity index (χ4v) is 1.93. The van der Waals surface area contributed by atoms with Crippen LogP contribution in [0.1, 0.15) is 12.5 Å². The summed E-state index contributed by atoms with van der Waals surface area (Å²) in [7, 11) is 0. The van der Waals surface area contributed by atoms with Crippen LogP contribution in [0.5, 0.6) is 5.75 Å². The Bertz CT molecular complexity index is 598. The summed E-state index contributed by atoms with van der Waals surface area (Å²) in [6.45, 7) is 2.02. The Morgan fingerprint density at radius 1 is 1.60 bits per heavy atom. The van der Waals surface area contributed by atoms with E-state index in [0.717, 1.165) is 12.0 Å². The zero-order chi connectivity index (χ0) is 14.5. The van der Waals surface area contributed by atoms with Gasteiger partial charge in [-0.15, -0.1) is 0 Å². The number of hydrogen-bond acceptors (Lipinski definition) is 4. The Morgan fingerprint density at radius 2 is 2.40 bits per heavy atom. The van der Waals surface area contributed by atoms with Crippen molar-refractivity contribution in [3.05, 3.63) is 45.6 Å². The van der Waals surface area contributed by atoms with Gasteiger partial charge in [0, 0.05) is 11.2 Å². The second kappa shape index (κ2) is 6.29. The van der Waals surface area contributed by atoms with E-state index in [0.29, 0.717) is 10.8 Å². The fourth-order valence-electron chi connectivity index (χ4n) is 1.68. The van der Waals surface area contributed by atoms with Crippen LogP contribution >= 0.6 is 11.6 Å². The molecule has 0 saturated carbocycles. The van der Waals surface area contributed by atoms with E-state index in [1.807, 2.05) is 13.0 Å². The van der Waals surface area contributed by atoms with E-state index in [2.05, 4.69) is 15.5 Å². The number of benzene rings is 1. The van der Waals surface area contributed by atoms with Gasteiger partial charge in [0.25, 0.3) is 0 Å². The highest BCUT2D eigenvalue weighted by molar-refractivity contribution is 6.31. The van der Waals surface area contributed by atoms with E-state index >= 15 is 0 Å². The molecule has 1 aromatic carbocycles. The van der Waals surface area contributed by atoms with E-state index in [1.165, 1.54) is 12.4 Å². The molecule has 2 rings (SSSR count). The van der Waals surface area contributed by atoms with Crippen molar-refractivity contribution in [2.45, 2.75) is 19.6 Å². The van der Waals surface area contributed by atoms with Crippen molar-refractivity contribution in [2.24, 2.45) is 10.2 Å². The van der Waals surface area contributed by atoms with Crippen LogP contribution < -0.4 is 15.5 Å². The number of aryl methyl sites for hydroxylation is 1. The predicted octanol–water partition coefficient (Wildman–Crippen LogP) is 1.05. The number of nitrogens with two attached hydrogens (primary N) is 1. The van der Waals surface area contributed by atoms with Crippen molar-refractivity contribution in [3.8, 4) is 5.75 Å². The lowest BCUT2D eigenvalue weighted by Gasteiger charge is -2.18. The molecule has 1 aliphatic heterocycles. The minimum atomic E-state index is -0.441. The summed E-state index contributed by atoms with van der Waals surface area (Å²) in [6.07, 6.45) is 3.37. The van der Waals surface area contributed by atoms with Crippen LogP contribution in [0.3, 0.4) is 0 Å². The maximum Gasteiger partial charge on any atom is 0.393 e. The second-order valence-corrected chi connectivity index (χ2v) is 4.50. The summed E-state index contributed by atoms with van der Waals surface area (Å²) in [5.41, 5.74) is 1.29. The molecule has 1 heterocycles. The summed E-state index contributed by atoms with van der Waals surface area (Å²) < 4.78 is 5.69. The van der Waals surface area contributed by atoms with Gasteiger partial charge in [-0.2, -0.15) is 0 Å². The number of nitroso groups, excluding NO2 is 1. The van der Waals surface area contributed by atoms with E-state index < -0.39 is 6.23 Å². The van der Waals surface area contributed by atoms with Crippen LogP contribution in [0.2, 0.25) is 5.02 Å². The Hall–Kier alpha value is -2.21. The fraction of sp³-hybridized carbons (Fsp3) is 0.231. The Labute approximate surface area is 121 Å². The number of halogens is 1. The number of nitrogens with zero attached hydrogens (tertiary/aromatic N) is 2. The molecule has 104 valence electrons. The summed E-state index contributed by atoms with van der Waals surface area (Å²) >= 11 is 6.05. The normalized spacial score (nSPS) is 17.1. The molecule has 0 aromatic heterocycles. The minimum Gasteiger partial charge on any atom is -0.465 e. The van der Waals surface area contributed by atoms with Gasteiger partial charge in [-0.25, -0.2) is 4.99 Å². The Kier molecular flexibility index (Phi) is 4.47. The van der Waals surface area contributed by atoms with Crippen LogP contribution in [0.4, 0.5) is 0 Å². The van der Waals surface area contributed by atoms with Crippen molar-refractivity contribution in [2.75, 3.05) is 0 Å². The number of nitrogens with one attached hydrogen (secondary N) is 1. The van der Waals surface area contributed by atoms with Gasteiger partial charge >= 0.3 is 5.84 Å². The van der Waals surface area contributed by atoms with Gasteiger partial charge in [0.05, 0.1) is 6.21 Å². The van der Waals surface area contributed by atoms with Crippen LogP contribution in [0.15, 0.2) is 40.3 Å². The third-order valence-corrected chi connectivity index (χ3v) is 3.12. The van der Waals surface area contributed by atoms with Crippen molar-refractivity contribution in [3.63, 3.8) is 0 Å². The first-order valence-corrected chi connectivity index (χ1v) is 6.43. The van der Waals surface area contributed by atoms with Crippen molar-refractivity contribution in [1.29, 1.82) is 0 Å². The smallest absolute Gasteiger partial charge is 0.393 e. The van der Waals surface area contributed by atoms with Crippen molar-refractivity contribution in [1.82, 2.24) is 5.32 Å². The molecule has 1 aliphatic rings. The molecular weight excluding hydrogens is 280 g/mol. The summed E-state index contributed by atoms with van der Waals surface area (Å²) in [5, 5.41) is 11.6. The SMILES string of the molecule is CCc1cc(OC2C=NC(C(=[NH2+])N=O)=CN2)ccc1Cl. The summed E-state index contributed by atoms with van der Waals surface area (Å²) in [4.78, 5) is 14.3. The number of amidine groups is 1. The molecule has 1 aromatic rings. The maximum atomic E-state index is 10.3. The predicted molar refractivity (Wildman–Crippen MR) is 77.7 cm³/mol. The molecule has 3 N–H and O–H groups in total. The third-order valence-electron chi connectivity index (χ3n) is 2.76. The Balaban J connectivity index is 2.03. The molecule has 0 radical (unpaired) electrons. The molecule has 6 nitrogen and oxygen atoms in total. The lowest BCUT2D eigenvalue weighted by molar-refractivity contribution is -0.114. The molecule has 1 unspecified atom stereocenters. The largest absolute Gasteiger partial charge is 0.465 e. The molecule has 1 atom stereocenters. The molecule has 0 bridgehead atoms. The van der Waals surface area contributed by atoms with Gasteiger partial charge in [-0.05, 0) is 35.1 Å². The number of rotatable bonds is 4. The quantitative estimate of drug-likeness (QED) is 0.494. The van der Waals surface area contributed by atoms with Crippen molar-refractivity contribution < 1.29 is 10.1 Å². The topological polar surface area (TPSA) is 88.6 Å². The van der Waals surface area contributed by atoms with E-state index in [4.69, 9.17) is 21.7 Å². The molecular formula is C13H14ClN4O2+. The van der Waals surface area contributed by atoms with Gasteiger partial charge < -0.3 is 10.1 Å². The summed E-state index contributed by atoms with van der Waals surface area (Å²) in [6, 6.07) is 5.45. The van der Waals surface area contributed by atoms with Crippen LogP contribution in [-0.4, -0.2) is 18.3 Å². The molecule has 0 spiro atoms. The van der Waals surface area contributed by atoms with E-state index in [9.17, 15) is 4.91 Å². The van der Waals surface area contributed by atoms with Gasteiger partial charge in [0.15, 0.2) is 5.70 Å². The number of hydrogen-bond donors (Lipinski definition) is 2. The average molecular weight is 294 g/mol. The monoisotopic (exact) mass is 293 g/mol. The Morgan fingerprint density at radius 3 is 3.00 bits per heavy atom. The van der Waals surface area contributed by atoms with Crippen molar-refractivity contribution >= 4 is 23.7 Å².